The molecular formula is C5H6N6O. The summed E-state index contributed by atoms with van der Waals surface area (Å²) in [6.07, 6.45) is 1.46. The first-order valence-corrected chi connectivity index (χ1v) is 3.18. The van der Waals surface area contributed by atoms with E-state index in [-0.39, 0.29) is 11.8 Å². The number of nitrogen functional groups attached to an aromatic ring is 1. The molecule has 5 N–H and O–H groups in total. The average Bonchev–Trinajstić information content (AvgIpc) is 2.52. The van der Waals surface area contributed by atoms with Crippen LogP contribution in [0.25, 0.3) is 11.2 Å². The summed E-state index contributed by atoms with van der Waals surface area (Å²) in [6.45, 7) is 0. The molecule has 2 aromatic heterocycles. The van der Waals surface area contributed by atoms with E-state index in [1.165, 1.54) is 6.33 Å². The van der Waals surface area contributed by atoms with Gasteiger partial charge in [-0.05, 0) is 0 Å². The summed E-state index contributed by atoms with van der Waals surface area (Å²) in [4.78, 5) is 14.2. The van der Waals surface area contributed by atoms with Gasteiger partial charge in [-0.1, -0.05) is 0 Å². The number of rotatable bonds is 1. The number of aromatic nitrogens is 4. The first-order valence-electron chi connectivity index (χ1n) is 3.18. The van der Waals surface area contributed by atoms with Crippen LogP contribution in [0.15, 0.2) is 6.33 Å². The van der Waals surface area contributed by atoms with Crippen molar-refractivity contribution in [1.82, 2.24) is 19.9 Å². The third-order valence-electron chi connectivity index (χ3n) is 1.41. The van der Waals surface area contributed by atoms with E-state index in [2.05, 4.69) is 19.9 Å². The molecule has 0 aliphatic carbocycles. The number of fused-ring (bicyclic) bond motifs is 1. The molecule has 12 heavy (non-hydrogen) atoms. The minimum atomic E-state index is 0.0344. The highest BCUT2D eigenvalue weighted by Crippen LogP contribution is 2.14. The van der Waals surface area contributed by atoms with Crippen molar-refractivity contribution in [1.29, 1.82) is 0 Å². The molecule has 2 aromatic rings. The van der Waals surface area contributed by atoms with Gasteiger partial charge in [0, 0.05) is 0 Å². The number of imidazole rings is 1. The summed E-state index contributed by atoms with van der Waals surface area (Å²) in [5, 5.41) is 8.49. The van der Waals surface area contributed by atoms with Gasteiger partial charge in [0.15, 0.2) is 11.5 Å². The predicted octanol–water partition coefficient (Wildman–Crippen LogP) is -0.264. The molecule has 0 aromatic carbocycles. The fourth-order valence-corrected chi connectivity index (χ4v) is 0.906. The maximum Gasteiger partial charge on any atom is 0.251 e. The van der Waals surface area contributed by atoms with Crippen LogP contribution in [0.3, 0.4) is 0 Å². The van der Waals surface area contributed by atoms with E-state index in [0.29, 0.717) is 11.2 Å². The number of hydrogen-bond donors (Lipinski definition) is 4. The Labute approximate surface area is 66.6 Å². The molecule has 0 radical (unpaired) electrons. The zero-order valence-electron chi connectivity index (χ0n) is 5.94. The topological polar surface area (TPSA) is 113 Å². The lowest BCUT2D eigenvalue weighted by molar-refractivity contribution is 0.383. The van der Waals surface area contributed by atoms with Crippen molar-refractivity contribution in [2.45, 2.75) is 0 Å². The molecule has 0 fully saturated rings. The molecule has 2 heterocycles. The minimum Gasteiger partial charge on any atom is -0.382 e. The number of H-pyrrole nitrogens is 1. The van der Waals surface area contributed by atoms with E-state index < -0.39 is 0 Å². The summed E-state index contributed by atoms with van der Waals surface area (Å²) < 4.78 is 0. The Balaban J connectivity index is 2.75. The molecule has 0 bridgehead atoms. The first-order chi connectivity index (χ1) is 5.81. The minimum absolute atomic E-state index is 0.0344. The molecule has 0 saturated carbocycles. The van der Waals surface area contributed by atoms with Gasteiger partial charge in [0.2, 0.25) is 0 Å². The van der Waals surface area contributed by atoms with Crippen molar-refractivity contribution < 1.29 is 5.21 Å². The normalized spacial score (nSPS) is 10.4. The molecule has 0 spiro atoms. The van der Waals surface area contributed by atoms with Gasteiger partial charge in [0.05, 0.1) is 6.33 Å². The second-order valence-corrected chi connectivity index (χ2v) is 2.15. The number of nitrogens with zero attached hydrogens (tertiary/aromatic N) is 3. The molecule has 62 valence electrons. The third kappa shape index (κ3) is 0.839. The number of hydrogen-bond acceptors (Lipinski definition) is 6. The largest absolute Gasteiger partial charge is 0.382 e. The summed E-state index contributed by atoms with van der Waals surface area (Å²) in [6, 6.07) is 0. The number of aromatic amines is 1. The Hall–Kier alpha value is -1.89. The molecule has 0 saturated heterocycles. The predicted molar refractivity (Wildman–Crippen MR) is 41.5 cm³/mol. The van der Waals surface area contributed by atoms with Crippen molar-refractivity contribution in [2.24, 2.45) is 0 Å². The van der Waals surface area contributed by atoms with Gasteiger partial charge in [-0.25, -0.2) is 10.5 Å². The van der Waals surface area contributed by atoms with E-state index in [1.807, 2.05) is 0 Å². The van der Waals surface area contributed by atoms with E-state index in [0.717, 1.165) is 0 Å². The van der Waals surface area contributed by atoms with Crippen LogP contribution in [0.5, 0.6) is 0 Å². The molecule has 0 amide bonds. The fraction of sp³-hybridized carbons (Fsp3) is 0. The van der Waals surface area contributed by atoms with E-state index >= 15 is 0 Å². The van der Waals surface area contributed by atoms with E-state index in [9.17, 15) is 0 Å². The summed E-state index contributed by atoms with van der Waals surface area (Å²) in [5.74, 6) is 0.279. The second-order valence-electron chi connectivity index (χ2n) is 2.15. The quantitative estimate of drug-likeness (QED) is 0.434. The highest BCUT2D eigenvalue weighted by atomic mass is 16.5. The highest BCUT2D eigenvalue weighted by molar-refractivity contribution is 5.81. The van der Waals surface area contributed by atoms with Crippen LogP contribution in [-0.2, 0) is 0 Å². The summed E-state index contributed by atoms with van der Waals surface area (Å²) in [5.41, 5.74) is 8.28. The Bertz CT molecular complexity index is 409. The van der Waals surface area contributed by atoms with E-state index in [1.54, 1.807) is 5.48 Å². The molecule has 0 aliphatic heterocycles. The average molecular weight is 166 g/mol. The van der Waals surface area contributed by atoms with Crippen LogP contribution >= 0.6 is 0 Å². The first kappa shape index (κ1) is 6.80. The molecule has 0 aliphatic rings. The van der Waals surface area contributed by atoms with Gasteiger partial charge in [-0.15, -0.1) is 0 Å². The Morgan fingerprint density at radius 3 is 3.08 bits per heavy atom. The molecule has 2 rings (SSSR count). The van der Waals surface area contributed by atoms with Gasteiger partial charge < -0.3 is 10.7 Å². The van der Waals surface area contributed by atoms with Crippen LogP contribution in [0.4, 0.5) is 11.8 Å². The Morgan fingerprint density at radius 1 is 1.50 bits per heavy atom. The van der Waals surface area contributed by atoms with Crippen molar-refractivity contribution >= 4 is 22.9 Å². The molecule has 0 atom stereocenters. The third-order valence-corrected chi connectivity index (χ3v) is 1.41. The Kier molecular flexibility index (Phi) is 1.31. The molecule has 7 heteroatoms. The van der Waals surface area contributed by atoms with Crippen molar-refractivity contribution in [3.05, 3.63) is 6.33 Å². The zero-order chi connectivity index (χ0) is 8.55. The van der Waals surface area contributed by atoms with Crippen LogP contribution < -0.4 is 11.2 Å². The van der Waals surface area contributed by atoms with Crippen LogP contribution in [0.1, 0.15) is 0 Å². The van der Waals surface area contributed by atoms with Gasteiger partial charge in [0.1, 0.15) is 5.52 Å². The highest BCUT2D eigenvalue weighted by Gasteiger charge is 2.05. The van der Waals surface area contributed by atoms with E-state index in [4.69, 9.17) is 10.9 Å². The SMILES string of the molecule is Nc1nc(NO)nc2nc[nH]c12. The lowest BCUT2D eigenvalue weighted by Crippen LogP contribution is -2.01. The summed E-state index contributed by atoms with van der Waals surface area (Å²) in [7, 11) is 0. The number of nitrogens with one attached hydrogen (secondary N) is 2. The van der Waals surface area contributed by atoms with Gasteiger partial charge in [-0.2, -0.15) is 9.97 Å². The molecule has 7 nitrogen and oxygen atoms in total. The van der Waals surface area contributed by atoms with Crippen molar-refractivity contribution in [3.63, 3.8) is 0 Å². The van der Waals surface area contributed by atoms with Gasteiger partial charge >= 0.3 is 0 Å². The maximum absolute atomic E-state index is 8.49. The van der Waals surface area contributed by atoms with Crippen molar-refractivity contribution in [3.8, 4) is 0 Å². The van der Waals surface area contributed by atoms with Crippen molar-refractivity contribution in [2.75, 3.05) is 11.2 Å². The standard InChI is InChI=1S/C5H6N6O/c6-3-2-4(8-1-7-2)10-5(9-3)11-12/h1,12H,(H4,6,7,8,9,10,11). The van der Waals surface area contributed by atoms with Crippen LogP contribution in [-0.4, -0.2) is 25.1 Å². The summed E-state index contributed by atoms with van der Waals surface area (Å²) >= 11 is 0. The number of anilines is 2. The lowest BCUT2D eigenvalue weighted by Gasteiger charge is -1.97. The lowest BCUT2D eigenvalue weighted by atomic mass is 10.5. The van der Waals surface area contributed by atoms with Gasteiger partial charge in [0.25, 0.3) is 5.95 Å². The fourth-order valence-electron chi connectivity index (χ4n) is 0.906. The van der Waals surface area contributed by atoms with Crippen LogP contribution in [0.2, 0.25) is 0 Å². The van der Waals surface area contributed by atoms with Gasteiger partial charge in [-0.3, -0.25) is 5.21 Å². The maximum atomic E-state index is 8.49. The zero-order valence-corrected chi connectivity index (χ0v) is 5.94. The molecular weight excluding hydrogens is 160 g/mol. The molecule has 0 unspecified atom stereocenters. The number of nitrogens with two attached hydrogens (primary N) is 1. The second kappa shape index (κ2) is 2.31. The monoisotopic (exact) mass is 166 g/mol. The Morgan fingerprint density at radius 2 is 2.33 bits per heavy atom. The smallest absolute Gasteiger partial charge is 0.251 e. The van der Waals surface area contributed by atoms with Crippen LogP contribution in [0, 0.1) is 0 Å².